The van der Waals surface area contributed by atoms with Crippen molar-refractivity contribution in [3.05, 3.63) is 65.5 Å². The third-order valence-corrected chi connectivity index (χ3v) is 5.66. The van der Waals surface area contributed by atoms with Crippen molar-refractivity contribution >= 4 is 17.6 Å². The number of esters is 1. The number of carbonyl (C=O) groups is 2. The van der Waals surface area contributed by atoms with E-state index in [1.807, 2.05) is 31.2 Å². The summed E-state index contributed by atoms with van der Waals surface area (Å²) in [4.78, 5) is 31.9. The minimum Gasteiger partial charge on any atom is -0.462 e. The summed E-state index contributed by atoms with van der Waals surface area (Å²) < 4.78 is 10.6. The molecule has 4 rings (SSSR count). The molecule has 1 fully saturated rings. The maximum atomic E-state index is 13.0. The summed E-state index contributed by atoms with van der Waals surface area (Å²) in [6.07, 6.45) is 1.67. The van der Waals surface area contributed by atoms with E-state index in [1.165, 1.54) is 0 Å². The summed E-state index contributed by atoms with van der Waals surface area (Å²) >= 11 is 0. The van der Waals surface area contributed by atoms with E-state index >= 15 is 0 Å². The number of hydrogen-bond acceptors (Lipinski definition) is 7. The lowest BCUT2D eigenvalue weighted by molar-refractivity contribution is -0.121. The van der Waals surface area contributed by atoms with Crippen molar-refractivity contribution in [2.24, 2.45) is 5.92 Å². The summed E-state index contributed by atoms with van der Waals surface area (Å²) in [6.45, 7) is 5.97. The van der Waals surface area contributed by atoms with Crippen LogP contribution in [-0.2, 0) is 16.1 Å². The number of nitrogens with one attached hydrogen (secondary N) is 1. The van der Waals surface area contributed by atoms with Gasteiger partial charge in [0.2, 0.25) is 17.6 Å². The van der Waals surface area contributed by atoms with Crippen LogP contribution >= 0.6 is 0 Å². The maximum absolute atomic E-state index is 13.0. The Morgan fingerprint density at radius 2 is 2.06 bits per heavy atom. The molecule has 1 N–H and O–H groups in total. The number of aryl methyl sites for hydroxylation is 1. The highest BCUT2D eigenvalue weighted by molar-refractivity contribution is 6.01. The van der Waals surface area contributed by atoms with Crippen LogP contribution in [0.2, 0.25) is 0 Å². The number of hydrogen-bond donors (Lipinski definition) is 1. The van der Waals surface area contributed by atoms with E-state index < -0.39 is 5.97 Å². The Morgan fingerprint density at radius 1 is 1.21 bits per heavy atom. The zero-order valence-electron chi connectivity index (χ0n) is 18.9. The minimum atomic E-state index is -0.445. The van der Waals surface area contributed by atoms with Gasteiger partial charge in [0.15, 0.2) is 0 Å². The highest BCUT2D eigenvalue weighted by Crippen LogP contribution is 2.23. The molecule has 1 aromatic heterocycles. The SMILES string of the molecule is CCOC(=O)c1ccccc1NC(=O)C1CCCN(Cc2nc(-c3cccc(C)c3)no2)C1. The number of piperidine rings is 1. The van der Waals surface area contributed by atoms with Crippen molar-refractivity contribution in [1.29, 1.82) is 0 Å². The van der Waals surface area contributed by atoms with Gasteiger partial charge in [-0.25, -0.2) is 4.79 Å². The van der Waals surface area contributed by atoms with Crippen LogP contribution in [-0.4, -0.2) is 46.6 Å². The molecule has 0 saturated carbocycles. The standard InChI is InChI=1S/C25H28N4O4/c1-3-32-25(31)20-11-4-5-12-21(20)26-24(30)19-10-7-13-29(15-19)16-22-27-23(28-33-22)18-9-6-8-17(2)14-18/h4-6,8-9,11-12,14,19H,3,7,10,13,15-16H2,1-2H3,(H,26,30). The summed E-state index contributed by atoms with van der Waals surface area (Å²) in [5, 5.41) is 7.03. The Kier molecular flexibility index (Phi) is 7.14. The van der Waals surface area contributed by atoms with Gasteiger partial charge >= 0.3 is 5.97 Å². The van der Waals surface area contributed by atoms with Crippen molar-refractivity contribution in [3.8, 4) is 11.4 Å². The van der Waals surface area contributed by atoms with Gasteiger partial charge in [0.25, 0.3) is 0 Å². The number of ether oxygens (including phenoxy) is 1. The summed E-state index contributed by atoms with van der Waals surface area (Å²) in [5.74, 6) is 0.339. The molecule has 33 heavy (non-hydrogen) atoms. The number of carbonyl (C=O) groups excluding carboxylic acids is 2. The normalized spacial score (nSPS) is 16.4. The molecule has 8 heteroatoms. The molecule has 0 radical (unpaired) electrons. The van der Waals surface area contributed by atoms with E-state index in [0.29, 0.717) is 36.1 Å². The largest absolute Gasteiger partial charge is 0.462 e. The first-order valence-corrected chi connectivity index (χ1v) is 11.2. The molecule has 8 nitrogen and oxygen atoms in total. The first-order chi connectivity index (χ1) is 16.0. The third kappa shape index (κ3) is 5.64. The van der Waals surface area contributed by atoms with Gasteiger partial charge in [0, 0.05) is 12.1 Å². The van der Waals surface area contributed by atoms with Crippen LogP contribution in [0.4, 0.5) is 5.69 Å². The van der Waals surface area contributed by atoms with E-state index in [9.17, 15) is 9.59 Å². The van der Waals surface area contributed by atoms with E-state index in [2.05, 4.69) is 20.4 Å². The number of nitrogens with zero attached hydrogens (tertiary/aromatic N) is 3. The lowest BCUT2D eigenvalue weighted by atomic mass is 9.97. The second-order valence-electron chi connectivity index (χ2n) is 8.21. The number of amides is 1. The van der Waals surface area contributed by atoms with Gasteiger partial charge in [0.05, 0.1) is 30.3 Å². The molecule has 1 aliphatic rings. The first-order valence-electron chi connectivity index (χ1n) is 11.2. The molecule has 1 saturated heterocycles. The molecule has 1 aliphatic heterocycles. The maximum Gasteiger partial charge on any atom is 0.340 e. The quantitative estimate of drug-likeness (QED) is 0.544. The highest BCUT2D eigenvalue weighted by atomic mass is 16.5. The molecule has 2 aromatic carbocycles. The monoisotopic (exact) mass is 448 g/mol. The van der Waals surface area contributed by atoms with Gasteiger partial charge < -0.3 is 14.6 Å². The van der Waals surface area contributed by atoms with E-state index in [1.54, 1.807) is 31.2 Å². The first kappa shape index (κ1) is 22.7. The molecular formula is C25H28N4O4. The number of benzene rings is 2. The van der Waals surface area contributed by atoms with E-state index in [0.717, 1.165) is 30.5 Å². The van der Waals surface area contributed by atoms with Gasteiger partial charge in [-0.3, -0.25) is 9.69 Å². The smallest absolute Gasteiger partial charge is 0.340 e. The minimum absolute atomic E-state index is 0.109. The average molecular weight is 449 g/mol. The topological polar surface area (TPSA) is 97.6 Å². The number of para-hydroxylation sites is 1. The highest BCUT2D eigenvalue weighted by Gasteiger charge is 2.28. The predicted octanol–water partition coefficient (Wildman–Crippen LogP) is 4.07. The summed E-state index contributed by atoms with van der Waals surface area (Å²) in [6, 6.07) is 14.9. The fourth-order valence-corrected chi connectivity index (χ4v) is 4.04. The van der Waals surface area contributed by atoms with Gasteiger partial charge in [0.1, 0.15) is 0 Å². The molecule has 172 valence electrons. The zero-order valence-corrected chi connectivity index (χ0v) is 18.9. The molecule has 2 heterocycles. The van der Waals surface area contributed by atoms with E-state index in [4.69, 9.17) is 9.26 Å². The summed E-state index contributed by atoms with van der Waals surface area (Å²) in [7, 11) is 0. The van der Waals surface area contributed by atoms with Gasteiger partial charge in [-0.2, -0.15) is 4.98 Å². The Hall–Kier alpha value is -3.52. The number of likely N-dealkylation sites (tertiary alicyclic amines) is 1. The molecule has 0 bridgehead atoms. The van der Waals surface area contributed by atoms with Crippen LogP contribution in [0.25, 0.3) is 11.4 Å². The second kappa shape index (κ2) is 10.4. The van der Waals surface area contributed by atoms with Crippen LogP contribution < -0.4 is 5.32 Å². The van der Waals surface area contributed by atoms with Crippen LogP contribution in [0.5, 0.6) is 0 Å². The van der Waals surface area contributed by atoms with Crippen molar-refractivity contribution in [3.63, 3.8) is 0 Å². The van der Waals surface area contributed by atoms with Crippen LogP contribution in [0.3, 0.4) is 0 Å². The molecule has 0 spiro atoms. The molecule has 1 atom stereocenters. The fraction of sp³-hybridized carbons (Fsp3) is 0.360. The number of rotatable bonds is 7. The summed E-state index contributed by atoms with van der Waals surface area (Å²) in [5.41, 5.74) is 2.88. The Labute approximate surface area is 192 Å². The predicted molar refractivity (Wildman–Crippen MR) is 124 cm³/mol. The molecule has 0 aliphatic carbocycles. The van der Waals surface area contributed by atoms with Crippen LogP contribution in [0.15, 0.2) is 53.1 Å². The molecule has 1 amide bonds. The van der Waals surface area contributed by atoms with Crippen LogP contribution in [0, 0.1) is 12.8 Å². The van der Waals surface area contributed by atoms with Gasteiger partial charge in [-0.15, -0.1) is 0 Å². The van der Waals surface area contributed by atoms with Gasteiger partial charge in [-0.1, -0.05) is 41.1 Å². The van der Waals surface area contributed by atoms with Crippen molar-refractivity contribution < 1.29 is 18.8 Å². The fourth-order valence-electron chi connectivity index (χ4n) is 4.04. The van der Waals surface area contributed by atoms with E-state index in [-0.39, 0.29) is 18.4 Å². The molecular weight excluding hydrogens is 420 g/mol. The Bertz CT molecular complexity index is 1130. The Balaban J connectivity index is 1.38. The lowest BCUT2D eigenvalue weighted by Crippen LogP contribution is -2.40. The average Bonchev–Trinajstić information content (AvgIpc) is 3.28. The van der Waals surface area contributed by atoms with Gasteiger partial charge in [-0.05, 0) is 51.4 Å². The van der Waals surface area contributed by atoms with Crippen LogP contribution in [0.1, 0.15) is 41.6 Å². The lowest BCUT2D eigenvalue weighted by Gasteiger charge is -2.31. The third-order valence-electron chi connectivity index (χ3n) is 5.66. The van der Waals surface area contributed by atoms with Crippen molar-refractivity contribution in [2.75, 3.05) is 25.0 Å². The van der Waals surface area contributed by atoms with Crippen molar-refractivity contribution in [2.45, 2.75) is 33.2 Å². The number of anilines is 1. The Morgan fingerprint density at radius 3 is 2.88 bits per heavy atom. The molecule has 3 aromatic rings. The zero-order chi connectivity index (χ0) is 23.2. The second-order valence-corrected chi connectivity index (χ2v) is 8.21. The number of aromatic nitrogens is 2. The molecule has 1 unspecified atom stereocenters. The van der Waals surface area contributed by atoms with Crippen molar-refractivity contribution in [1.82, 2.24) is 15.0 Å².